The van der Waals surface area contributed by atoms with Crippen LogP contribution in [0, 0.1) is 0 Å². The zero-order valence-electron chi connectivity index (χ0n) is 12.1. The van der Waals surface area contributed by atoms with Crippen LogP contribution in [0.4, 0.5) is 0 Å². The predicted molar refractivity (Wildman–Crippen MR) is 82.7 cm³/mol. The lowest BCUT2D eigenvalue weighted by molar-refractivity contribution is 0.407. The highest BCUT2D eigenvalue weighted by molar-refractivity contribution is 5.86. The van der Waals surface area contributed by atoms with Gasteiger partial charge in [0.25, 0.3) is 0 Å². The van der Waals surface area contributed by atoms with Gasteiger partial charge < -0.3 is 19.0 Å². The number of aromatic hydroxyl groups is 1. The standard InChI is InChI=1S/C17H14O5/c1-20-10-7-12(18)17-13(19)9-15(22-16(17)8-10)11-5-3-4-6-14(11)21-2/h3-9,18H,1-2H3. The van der Waals surface area contributed by atoms with Crippen LogP contribution >= 0.6 is 0 Å². The first kappa shape index (κ1) is 14.0. The number of rotatable bonds is 3. The quantitative estimate of drug-likeness (QED) is 0.804. The molecule has 1 aromatic heterocycles. The van der Waals surface area contributed by atoms with Crippen LogP contribution in [0.2, 0.25) is 0 Å². The fourth-order valence-electron chi connectivity index (χ4n) is 2.34. The smallest absolute Gasteiger partial charge is 0.197 e. The molecule has 0 saturated carbocycles. The molecule has 0 spiro atoms. The van der Waals surface area contributed by atoms with Gasteiger partial charge in [-0.2, -0.15) is 0 Å². The molecule has 22 heavy (non-hydrogen) atoms. The minimum absolute atomic E-state index is 0.124. The van der Waals surface area contributed by atoms with E-state index >= 15 is 0 Å². The molecule has 0 radical (unpaired) electrons. The lowest BCUT2D eigenvalue weighted by Gasteiger charge is -2.09. The van der Waals surface area contributed by atoms with Gasteiger partial charge in [-0.05, 0) is 12.1 Å². The number of para-hydroxylation sites is 1. The van der Waals surface area contributed by atoms with Crippen molar-refractivity contribution in [2.75, 3.05) is 14.2 Å². The van der Waals surface area contributed by atoms with Crippen LogP contribution in [0.1, 0.15) is 0 Å². The van der Waals surface area contributed by atoms with E-state index in [9.17, 15) is 9.90 Å². The maximum Gasteiger partial charge on any atom is 0.197 e. The van der Waals surface area contributed by atoms with Crippen LogP contribution in [0.15, 0.2) is 51.7 Å². The number of fused-ring (bicyclic) bond motifs is 1. The molecule has 3 rings (SSSR count). The van der Waals surface area contributed by atoms with Crippen LogP contribution in [-0.2, 0) is 0 Å². The Hall–Kier alpha value is -2.95. The van der Waals surface area contributed by atoms with Crippen molar-refractivity contribution < 1.29 is 19.0 Å². The Balaban J connectivity index is 2.31. The first-order chi connectivity index (χ1) is 10.6. The second-order valence-corrected chi connectivity index (χ2v) is 4.69. The highest BCUT2D eigenvalue weighted by atomic mass is 16.5. The summed E-state index contributed by atoms with van der Waals surface area (Å²) in [7, 11) is 3.02. The molecular weight excluding hydrogens is 284 g/mol. The number of benzene rings is 2. The molecule has 5 heteroatoms. The fourth-order valence-corrected chi connectivity index (χ4v) is 2.34. The zero-order chi connectivity index (χ0) is 15.7. The van der Waals surface area contributed by atoms with Crippen LogP contribution in [-0.4, -0.2) is 19.3 Å². The van der Waals surface area contributed by atoms with Gasteiger partial charge in [-0.15, -0.1) is 0 Å². The minimum Gasteiger partial charge on any atom is -0.507 e. The summed E-state index contributed by atoms with van der Waals surface area (Å²) >= 11 is 0. The Kier molecular flexibility index (Phi) is 3.47. The van der Waals surface area contributed by atoms with E-state index in [1.54, 1.807) is 25.3 Å². The summed E-state index contributed by atoms with van der Waals surface area (Å²) in [6.07, 6.45) is 0. The number of hydrogen-bond acceptors (Lipinski definition) is 5. The van der Waals surface area contributed by atoms with Gasteiger partial charge >= 0.3 is 0 Å². The van der Waals surface area contributed by atoms with Gasteiger partial charge in [0.15, 0.2) is 5.43 Å². The molecule has 0 aliphatic heterocycles. The van der Waals surface area contributed by atoms with E-state index in [4.69, 9.17) is 13.9 Å². The summed E-state index contributed by atoms with van der Waals surface area (Å²) in [6, 6.07) is 11.5. The molecule has 2 aromatic carbocycles. The van der Waals surface area contributed by atoms with Crippen molar-refractivity contribution in [3.05, 3.63) is 52.7 Å². The molecule has 0 unspecified atom stereocenters. The summed E-state index contributed by atoms with van der Waals surface area (Å²) in [5, 5.41) is 10.1. The molecule has 112 valence electrons. The van der Waals surface area contributed by atoms with Crippen LogP contribution < -0.4 is 14.9 Å². The van der Waals surface area contributed by atoms with Crippen molar-refractivity contribution in [1.29, 1.82) is 0 Å². The fraction of sp³-hybridized carbons (Fsp3) is 0.118. The Morgan fingerprint density at radius 3 is 2.55 bits per heavy atom. The lowest BCUT2D eigenvalue weighted by atomic mass is 10.1. The number of ether oxygens (including phenoxy) is 2. The first-order valence-electron chi connectivity index (χ1n) is 6.62. The molecule has 5 nitrogen and oxygen atoms in total. The number of phenolic OH excluding ortho intramolecular Hbond substituents is 1. The summed E-state index contributed by atoms with van der Waals surface area (Å²) in [5.41, 5.74) is 0.582. The van der Waals surface area contributed by atoms with E-state index in [-0.39, 0.29) is 22.1 Å². The molecule has 0 saturated heterocycles. The van der Waals surface area contributed by atoms with Gasteiger partial charge in [-0.25, -0.2) is 0 Å². The lowest BCUT2D eigenvalue weighted by Crippen LogP contribution is -2.01. The van der Waals surface area contributed by atoms with Crippen LogP contribution in [0.3, 0.4) is 0 Å². The third-order valence-corrected chi connectivity index (χ3v) is 3.39. The highest BCUT2D eigenvalue weighted by Crippen LogP contribution is 2.33. The average Bonchev–Trinajstić information content (AvgIpc) is 2.53. The normalized spacial score (nSPS) is 10.6. The molecule has 0 aliphatic rings. The second kappa shape index (κ2) is 5.44. The van der Waals surface area contributed by atoms with E-state index in [0.717, 1.165) is 0 Å². The molecule has 0 atom stereocenters. The molecule has 1 heterocycles. The Bertz CT molecular complexity index is 895. The van der Waals surface area contributed by atoms with Crippen molar-refractivity contribution in [2.24, 2.45) is 0 Å². The van der Waals surface area contributed by atoms with Crippen LogP contribution in [0.25, 0.3) is 22.3 Å². The summed E-state index contributed by atoms with van der Waals surface area (Å²) in [6.45, 7) is 0. The zero-order valence-corrected chi connectivity index (χ0v) is 12.1. The number of methoxy groups -OCH3 is 2. The third kappa shape index (κ3) is 2.26. The van der Waals surface area contributed by atoms with Gasteiger partial charge in [0, 0.05) is 18.2 Å². The predicted octanol–water partition coefficient (Wildman–Crippen LogP) is 3.18. The molecule has 3 aromatic rings. The molecule has 0 bridgehead atoms. The van der Waals surface area contributed by atoms with Gasteiger partial charge in [0.2, 0.25) is 0 Å². The van der Waals surface area contributed by atoms with Crippen molar-refractivity contribution >= 4 is 11.0 Å². The highest BCUT2D eigenvalue weighted by Gasteiger charge is 2.14. The third-order valence-electron chi connectivity index (χ3n) is 3.39. The Morgan fingerprint density at radius 2 is 1.82 bits per heavy atom. The largest absolute Gasteiger partial charge is 0.507 e. The number of hydrogen-bond donors (Lipinski definition) is 1. The maximum atomic E-state index is 12.3. The topological polar surface area (TPSA) is 68.9 Å². The number of phenols is 1. The molecule has 0 aliphatic carbocycles. The van der Waals surface area contributed by atoms with Gasteiger partial charge in [0.05, 0.1) is 19.8 Å². The van der Waals surface area contributed by atoms with Crippen LogP contribution in [0.5, 0.6) is 17.2 Å². The Morgan fingerprint density at radius 1 is 1.05 bits per heavy atom. The van der Waals surface area contributed by atoms with Gasteiger partial charge in [-0.3, -0.25) is 4.79 Å². The second-order valence-electron chi connectivity index (χ2n) is 4.69. The monoisotopic (exact) mass is 298 g/mol. The van der Waals surface area contributed by atoms with E-state index < -0.39 is 0 Å². The average molecular weight is 298 g/mol. The van der Waals surface area contributed by atoms with Crippen molar-refractivity contribution in [3.8, 4) is 28.6 Å². The van der Waals surface area contributed by atoms with E-state index in [2.05, 4.69) is 0 Å². The molecular formula is C17H14O5. The van der Waals surface area contributed by atoms with E-state index in [1.807, 2.05) is 12.1 Å². The van der Waals surface area contributed by atoms with Crippen molar-refractivity contribution in [2.45, 2.75) is 0 Å². The van der Waals surface area contributed by atoms with Gasteiger partial charge in [0.1, 0.15) is 34.0 Å². The SMILES string of the molecule is COc1cc(O)c2c(=O)cc(-c3ccccc3OC)oc2c1. The first-order valence-corrected chi connectivity index (χ1v) is 6.62. The van der Waals surface area contributed by atoms with E-state index in [0.29, 0.717) is 22.8 Å². The van der Waals surface area contributed by atoms with Gasteiger partial charge in [-0.1, -0.05) is 12.1 Å². The summed E-state index contributed by atoms with van der Waals surface area (Å²) < 4.78 is 16.1. The summed E-state index contributed by atoms with van der Waals surface area (Å²) in [4.78, 5) is 12.3. The summed E-state index contributed by atoms with van der Waals surface area (Å²) in [5.74, 6) is 1.19. The molecule has 0 amide bonds. The maximum absolute atomic E-state index is 12.3. The van der Waals surface area contributed by atoms with Crippen molar-refractivity contribution in [3.63, 3.8) is 0 Å². The van der Waals surface area contributed by atoms with E-state index in [1.165, 1.54) is 19.2 Å². The molecule has 1 N–H and O–H groups in total. The van der Waals surface area contributed by atoms with Crippen molar-refractivity contribution in [1.82, 2.24) is 0 Å². The molecule has 0 fully saturated rings. The Labute approximate surface area is 126 Å². The minimum atomic E-state index is -0.331.